The van der Waals surface area contributed by atoms with Crippen molar-refractivity contribution in [2.45, 2.75) is 46.3 Å². The quantitative estimate of drug-likeness (QED) is 0.770. The van der Waals surface area contributed by atoms with E-state index < -0.39 is 0 Å². The van der Waals surface area contributed by atoms with E-state index in [4.69, 9.17) is 4.74 Å². The average Bonchev–Trinajstić information content (AvgIpc) is 2.27. The van der Waals surface area contributed by atoms with E-state index in [0.29, 0.717) is 0 Å². The first-order chi connectivity index (χ1) is 7.76. The monoisotopic (exact) mass is 222 g/mol. The number of pyridine rings is 1. The van der Waals surface area contributed by atoms with Crippen LogP contribution in [-0.4, -0.2) is 17.6 Å². The normalized spacial score (nSPS) is 12.4. The third kappa shape index (κ3) is 4.62. The minimum Gasteiger partial charge on any atom is -0.475 e. The van der Waals surface area contributed by atoms with Gasteiger partial charge in [0.15, 0.2) is 0 Å². The van der Waals surface area contributed by atoms with Crippen LogP contribution in [0.15, 0.2) is 18.2 Å². The molecule has 0 saturated heterocycles. The smallest absolute Gasteiger partial charge is 0.213 e. The highest BCUT2D eigenvalue weighted by Crippen LogP contribution is 2.11. The van der Waals surface area contributed by atoms with Crippen molar-refractivity contribution >= 4 is 0 Å². The van der Waals surface area contributed by atoms with Crippen LogP contribution in [0.1, 0.15) is 39.3 Å². The van der Waals surface area contributed by atoms with Crippen molar-refractivity contribution in [1.82, 2.24) is 10.3 Å². The summed E-state index contributed by atoms with van der Waals surface area (Å²) < 4.78 is 5.74. The minimum atomic E-state index is 0.242. The predicted octanol–water partition coefficient (Wildman–Crippen LogP) is 2.76. The molecule has 1 heterocycles. The first kappa shape index (κ1) is 13.0. The molecule has 1 rings (SSSR count). The van der Waals surface area contributed by atoms with Gasteiger partial charge in [0.1, 0.15) is 0 Å². The fourth-order valence-corrected chi connectivity index (χ4v) is 1.55. The van der Waals surface area contributed by atoms with Gasteiger partial charge >= 0.3 is 0 Å². The Hall–Kier alpha value is -1.09. The zero-order valence-electron chi connectivity index (χ0n) is 10.5. The summed E-state index contributed by atoms with van der Waals surface area (Å²) in [7, 11) is 0. The molecular formula is C13H22N2O. The molecule has 90 valence electrons. The first-order valence-corrected chi connectivity index (χ1v) is 6.09. The largest absolute Gasteiger partial charge is 0.475 e. The van der Waals surface area contributed by atoms with E-state index in [1.165, 1.54) is 0 Å². The molecule has 0 aliphatic heterocycles. The van der Waals surface area contributed by atoms with Crippen LogP contribution >= 0.6 is 0 Å². The zero-order valence-corrected chi connectivity index (χ0v) is 10.5. The summed E-state index contributed by atoms with van der Waals surface area (Å²) in [6.45, 7) is 8.09. The van der Waals surface area contributed by atoms with Crippen molar-refractivity contribution in [3.63, 3.8) is 0 Å². The molecule has 1 atom stereocenters. The van der Waals surface area contributed by atoms with Crippen LogP contribution in [0.5, 0.6) is 5.88 Å². The lowest BCUT2D eigenvalue weighted by Crippen LogP contribution is -2.15. The van der Waals surface area contributed by atoms with Gasteiger partial charge < -0.3 is 10.1 Å². The van der Waals surface area contributed by atoms with E-state index >= 15 is 0 Å². The van der Waals surface area contributed by atoms with Gasteiger partial charge in [-0.1, -0.05) is 26.3 Å². The Kier molecular flexibility index (Phi) is 5.86. The van der Waals surface area contributed by atoms with E-state index in [-0.39, 0.29) is 6.10 Å². The van der Waals surface area contributed by atoms with Gasteiger partial charge in [-0.15, -0.1) is 0 Å². The molecule has 3 nitrogen and oxygen atoms in total. The maximum absolute atomic E-state index is 5.74. The van der Waals surface area contributed by atoms with Crippen LogP contribution in [0.4, 0.5) is 0 Å². The number of aromatic nitrogens is 1. The molecule has 3 heteroatoms. The van der Waals surface area contributed by atoms with Crippen molar-refractivity contribution in [3.8, 4) is 5.88 Å². The lowest BCUT2D eigenvalue weighted by atomic mass is 10.2. The van der Waals surface area contributed by atoms with Gasteiger partial charge in [0.25, 0.3) is 0 Å². The fourth-order valence-electron chi connectivity index (χ4n) is 1.55. The van der Waals surface area contributed by atoms with Crippen molar-refractivity contribution in [2.75, 3.05) is 6.54 Å². The molecule has 0 bridgehead atoms. The molecule has 0 radical (unpaired) electrons. The van der Waals surface area contributed by atoms with Gasteiger partial charge in [-0.05, 0) is 26.0 Å². The molecule has 0 aliphatic rings. The van der Waals surface area contributed by atoms with Crippen LogP contribution in [0.2, 0.25) is 0 Å². The van der Waals surface area contributed by atoms with Gasteiger partial charge in [0.2, 0.25) is 5.88 Å². The van der Waals surface area contributed by atoms with Crippen molar-refractivity contribution < 1.29 is 4.74 Å². The Labute approximate surface area is 98.2 Å². The topological polar surface area (TPSA) is 34.1 Å². The number of ether oxygens (including phenoxy) is 1. The maximum Gasteiger partial charge on any atom is 0.213 e. The van der Waals surface area contributed by atoms with E-state index in [1.807, 2.05) is 18.2 Å². The molecule has 0 saturated carbocycles. The van der Waals surface area contributed by atoms with Gasteiger partial charge in [-0.2, -0.15) is 0 Å². The lowest BCUT2D eigenvalue weighted by molar-refractivity contribution is 0.201. The van der Waals surface area contributed by atoms with Crippen molar-refractivity contribution in [3.05, 3.63) is 23.9 Å². The minimum absolute atomic E-state index is 0.242. The SMILES string of the molecule is CCCC(C)Oc1cccc(CNCC)n1. The second-order valence-corrected chi connectivity index (χ2v) is 3.96. The maximum atomic E-state index is 5.74. The Balaban J connectivity index is 2.52. The van der Waals surface area contributed by atoms with Crippen molar-refractivity contribution in [2.24, 2.45) is 0 Å². The molecule has 0 spiro atoms. The highest BCUT2D eigenvalue weighted by atomic mass is 16.5. The molecule has 0 fully saturated rings. The summed E-state index contributed by atoms with van der Waals surface area (Å²) in [5.74, 6) is 0.733. The second kappa shape index (κ2) is 7.23. The number of nitrogens with one attached hydrogen (secondary N) is 1. The summed E-state index contributed by atoms with van der Waals surface area (Å²) in [6, 6.07) is 5.93. The molecule has 1 unspecified atom stereocenters. The molecule has 0 aromatic carbocycles. The summed E-state index contributed by atoms with van der Waals surface area (Å²) in [6.07, 6.45) is 2.45. The Bertz CT molecular complexity index is 302. The van der Waals surface area contributed by atoms with Crippen LogP contribution in [0, 0.1) is 0 Å². The molecule has 1 aromatic heterocycles. The van der Waals surface area contributed by atoms with Crippen LogP contribution in [-0.2, 0) is 6.54 Å². The molecule has 16 heavy (non-hydrogen) atoms. The lowest BCUT2D eigenvalue weighted by Gasteiger charge is -2.13. The average molecular weight is 222 g/mol. The van der Waals surface area contributed by atoms with Crippen LogP contribution in [0.25, 0.3) is 0 Å². The standard InChI is InChI=1S/C13H22N2O/c1-4-7-11(3)16-13-9-6-8-12(15-13)10-14-5-2/h6,8-9,11,14H,4-5,7,10H2,1-3H3. The van der Waals surface area contributed by atoms with E-state index in [1.54, 1.807) is 0 Å². The first-order valence-electron chi connectivity index (χ1n) is 6.09. The van der Waals surface area contributed by atoms with Crippen molar-refractivity contribution in [1.29, 1.82) is 0 Å². The van der Waals surface area contributed by atoms with Crippen LogP contribution in [0.3, 0.4) is 0 Å². The molecule has 0 amide bonds. The summed E-state index contributed by atoms with van der Waals surface area (Å²) >= 11 is 0. The predicted molar refractivity (Wildman–Crippen MR) is 66.6 cm³/mol. The summed E-state index contributed by atoms with van der Waals surface area (Å²) in [5.41, 5.74) is 1.03. The third-order valence-corrected chi connectivity index (χ3v) is 2.35. The Morgan fingerprint density at radius 2 is 2.19 bits per heavy atom. The Morgan fingerprint density at radius 3 is 2.88 bits per heavy atom. The van der Waals surface area contributed by atoms with Gasteiger partial charge in [0.05, 0.1) is 11.8 Å². The van der Waals surface area contributed by atoms with Gasteiger partial charge in [-0.25, -0.2) is 4.98 Å². The molecule has 1 aromatic rings. The fraction of sp³-hybridized carbons (Fsp3) is 0.615. The van der Waals surface area contributed by atoms with Gasteiger partial charge in [-0.3, -0.25) is 0 Å². The summed E-state index contributed by atoms with van der Waals surface area (Å²) in [5, 5.41) is 3.25. The number of hydrogen-bond acceptors (Lipinski definition) is 3. The molecule has 0 aliphatic carbocycles. The Morgan fingerprint density at radius 1 is 1.38 bits per heavy atom. The molecule has 1 N–H and O–H groups in total. The number of hydrogen-bond donors (Lipinski definition) is 1. The van der Waals surface area contributed by atoms with E-state index in [9.17, 15) is 0 Å². The second-order valence-electron chi connectivity index (χ2n) is 3.96. The number of nitrogens with zero attached hydrogens (tertiary/aromatic N) is 1. The highest BCUT2D eigenvalue weighted by Gasteiger charge is 2.04. The van der Waals surface area contributed by atoms with E-state index in [0.717, 1.165) is 37.5 Å². The summed E-state index contributed by atoms with van der Waals surface area (Å²) in [4.78, 5) is 4.45. The zero-order chi connectivity index (χ0) is 11.8. The third-order valence-electron chi connectivity index (χ3n) is 2.35. The van der Waals surface area contributed by atoms with Gasteiger partial charge in [0, 0.05) is 12.6 Å². The van der Waals surface area contributed by atoms with E-state index in [2.05, 4.69) is 31.1 Å². The highest BCUT2D eigenvalue weighted by molar-refractivity contribution is 5.15. The molecular weight excluding hydrogens is 200 g/mol. The van der Waals surface area contributed by atoms with Crippen LogP contribution < -0.4 is 10.1 Å². The number of rotatable bonds is 7.